The molecular formula is C8H11F3OS2. The van der Waals surface area contributed by atoms with Crippen molar-refractivity contribution in [3.63, 3.8) is 0 Å². The van der Waals surface area contributed by atoms with E-state index in [2.05, 4.69) is 0 Å². The maximum absolute atomic E-state index is 12.3. The number of hydrogen-bond donors (Lipinski definition) is 0. The summed E-state index contributed by atoms with van der Waals surface area (Å²) in [6.07, 6.45) is -3.59. The lowest BCUT2D eigenvalue weighted by molar-refractivity contribution is -0.171. The standard InChI is InChI=1S/C8H11F3OS2/c1-2-7(6(12)8(9,10)11)13-4-3-5-14-7/h2-5H2,1H3. The topological polar surface area (TPSA) is 17.1 Å². The van der Waals surface area contributed by atoms with Crippen LogP contribution in [-0.4, -0.2) is 27.5 Å². The number of Topliss-reactive ketones (excluding diaryl/α,β-unsaturated/α-hetero) is 1. The minimum absolute atomic E-state index is 0.237. The van der Waals surface area contributed by atoms with Gasteiger partial charge in [-0.05, 0) is 24.3 Å². The predicted octanol–water partition coefficient (Wildman–Crippen LogP) is 3.09. The van der Waals surface area contributed by atoms with E-state index in [-0.39, 0.29) is 6.42 Å². The highest BCUT2D eigenvalue weighted by Crippen LogP contribution is 2.48. The molecule has 1 aliphatic rings. The van der Waals surface area contributed by atoms with E-state index in [1.807, 2.05) is 0 Å². The van der Waals surface area contributed by atoms with E-state index in [1.54, 1.807) is 6.92 Å². The van der Waals surface area contributed by atoms with E-state index in [4.69, 9.17) is 0 Å². The molecule has 0 aromatic heterocycles. The van der Waals surface area contributed by atoms with Gasteiger partial charge in [0.25, 0.3) is 5.78 Å². The van der Waals surface area contributed by atoms with Crippen molar-refractivity contribution < 1.29 is 18.0 Å². The quantitative estimate of drug-likeness (QED) is 0.743. The molecule has 1 heterocycles. The van der Waals surface area contributed by atoms with Crippen molar-refractivity contribution in [1.29, 1.82) is 0 Å². The van der Waals surface area contributed by atoms with Gasteiger partial charge in [0, 0.05) is 0 Å². The van der Waals surface area contributed by atoms with Crippen LogP contribution < -0.4 is 0 Å². The fraction of sp³-hybridized carbons (Fsp3) is 0.875. The third-order valence-electron chi connectivity index (χ3n) is 2.03. The molecule has 1 saturated heterocycles. The fourth-order valence-electron chi connectivity index (χ4n) is 1.29. The smallest absolute Gasteiger partial charge is 0.287 e. The molecule has 0 amide bonds. The zero-order valence-electron chi connectivity index (χ0n) is 7.69. The zero-order valence-corrected chi connectivity index (χ0v) is 9.32. The molecule has 0 unspecified atom stereocenters. The minimum atomic E-state index is -4.70. The number of alkyl halides is 3. The summed E-state index contributed by atoms with van der Waals surface area (Å²) in [6, 6.07) is 0. The van der Waals surface area contributed by atoms with Gasteiger partial charge < -0.3 is 0 Å². The second kappa shape index (κ2) is 4.35. The van der Waals surface area contributed by atoms with Gasteiger partial charge in [-0.3, -0.25) is 4.79 Å². The average molecular weight is 244 g/mol. The zero-order chi connectivity index (χ0) is 10.8. The molecule has 0 aromatic rings. The van der Waals surface area contributed by atoms with Crippen LogP contribution in [0.2, 0.25) is 0 Å². The molecule has 82 valence electrons. The summed E-state index contributed by atoms with van der Waals surface area (Å²) in [4.78, 5) is 11.2. The Bertz CT molecular complexity index is 221. The highest BCUT2D eigenvalue weighted by atomic mass is 32.2. The van der Waals surface area contributed by atoms with Gasteiger partial charge in [0.1, 0.15) is 4.08 Å². The highest BCUT2D eigenvalue weighted by molar-refractivity contribution is 8.19. The molecule has 0 N–H and O–H groups in total. The number of carbonyl (C=O) groups excluding carboxylic acids is 1. The summed E-state index contributed by atoms with van der Waals surface area (Å²) in [5.74, 6) is -0.298. The van der Waals surface area contributed by atoms with Gasteiger partial charge in [-0.1, -0.05) is 6.92 Å². The first-order valence-corrected chi connectivity index (χ1v) is 6.29. The van der Waals surface area contributed by atoms with E-state index in [0.717, 1.165) is 29.9 Å². The molecule has 0 aromatic carbocycles. The van der Waals surface area contributed by atoms with Gasteiger partial charge in [0.15, 0.2) is 0 Å². The number of ketones is 1. The van der Waals surface area contributed by atoms with Crippen LogP contribution >= 0.6 is 23.5 Å². The lowest BCUT2D eigenvalue weighted by Gasteiger charge is -2.33. The Morgan fingerprint density at radius 3 is 2.21 bits per heavy atom. The average Bonchev–Trinajstić information content (AvgIpc) is 2.16. The summed E-state index contributed by atoms with van der Waals surface area (Å²) in [5.41, 5.74) is 0. The van der Waals surface area contributed by atoms with Gasteiger partial charge in [-0.2, -0.15) is 13.2 Å². The summed E-state index contributed by atoms with van der Waals surface area (Å²) in [5, 5.41) is 0. The van der Waals surface area contributed by atoms with E-state index < -0.39 is 16.0 Å². The van der Waals surface area contributed by atoms with Crippen molar-refractivity contribution in [2.75, 3.05) is 11.5 Å². The van der Waals surface area contributed by atoms with Crippen molar-refractivity contribution in [1.82, 2.24) is 0 Å². The minimum Gasteiger partial charge on any atom is -0.287 e. The first kappa shape index (κ1) is 12.2. The number of rotatable bonds is 2. The summed E-state index contributed by atoms with van der Waals surface area (Å²) in [6.45, 7) is 1.63. The molecule has 1 nitrogen and oxygen atoms in total. The van der Waals surface area contributed by atoms with Crippen molar-refractivity contribution in [2.45, 2.75) is 30.0 Å². The van der Waals surface area contributed by atoms with E-state index >= 15 is 0 Å². The number of carbonyl (C=O) groups is 1. The van der Waals surface area contributed by atoms with Crippen molar-refractivity contribution in [3.8, 4) is 0 Å². The normalized spacial score (nSPS) is 22.0. The number of hydrogen-bond acceptors (Lipinski definition) is 3. The Labute approximate surface area is 89.2 Å². The second-order valence-electron chi connectivity index (χ2n) is 2.98. The highest BCUT2D eigenvalue weighted by Gasteiger charge is 2.53. The Morgan fingerprint density at radius 2 is 1.86 bits per heavy atom. The Balaban J connectivity index is 2.83. The van der Waals surface area contributed by atoms with Gasteiger partial charge >= 0.3 is 6.18 Å². The summed E-state index contributed by atoms with van der Waals surface area (Å²) in [7, 11) is 0. The van der Waals surface area contributed by atoms with Crippen molar-refractivity contribution in [2.24, 2.45) is 0 Å². The van der Waals surface area contributed by atoms with Crippen LogP contribution in [0.25, 0.3) is 0 Å². The molecule has 14 heavy (non-hydrogen) atoms. The number of thioether (sulfide) groups is 2. The maximum atomic E-state index is 12.3. The molecule has 1 aliphatic heterocycles. The van der Waals surface area contributed by atoms with Gasteiger partial charge in [-0.15, -0.1) is 23.5 Å². The van der Waals surface area contributed by atoms with Crippen LogP contribution in [0.5, 0.6) is 0 Å². The fourth-order valence-corrected chi connectivity index (χ4v) is 4.44. The predicted molar refractivity (Wildman–Crippen MR) is 53.6 cm³/mol. The molecule has 0 radical (unpaired) electrons. The Morgan fingerprint density at radius 1 is 1.36 bits per heavy atom. The molecule has 0 spiro atoms. The molecule has 1 rings (SSSR count). The van der Waals surface area contributed by atoms with Crippen LogP contribution in [-0.2, 0) is 4.79 Å². The van der Waals surface area contributed by atoms with E-state index in [9.17, 15) is 18.0 Å². The van der Waals surface area contributed by atoms with Crippen molar-refractivity contribution >= 4 is 29.3 Å². The Hall–Kier alpha value is 0.160. The molecule has 0 aliphatic carbocycles. The second-order valence-corrected chi connectivity index (χ2v) is 6.03. The Kier molecular flexibility index (Phi) is 3.80. The lowest BCUT2D eigenvalue weighted by Crippen LogP contribution is -2.43. The first-order chi connectivity index (χ1) is 6.42. The third kappa shape index (κ3) is 2.39. The number of halogens is 3. The molecule has 0 saturated carbocycles. The molecule has 0 bridgehead atoms. The summed E-state index contributed by atoms with van der Waals surface area (Å²) < 4.78 is 35.6. The summed E-state index contributed by atoms with van der Waals surface area (Å²) >= 11 is 2.28. The SMILES string of the molecule is CCC1(C(=O)C(F)(F)F)SCCCS1. The van der Waals surface area contributed by atoms with E-state index in [0.29, 0.717) is 11.5 Å². The van der Waals surface area contributed by atoms with Crippen LogP contribution in [0.15, 0.2) is 0 Å². The van der Waals surface area contributed by atoms with Crippen LogP contribution in [0.4, 0.5) is 13.2 Å². The largest absolute Gasteiger partial charge is 0.452 e. The van der Waals surface area contributed by atoms with Gasteiger partial charge in [0.05, 0.1) is 0 Å². The monoisotopic (exact) mass is 244 g/mol. The van der Waals surface area contributed by atoms with Gasteiger partial charge in [-0.25, -0.2) is 0 Å². The van der Waals surface area contributed by atoms with Crippen LogP contribution in [0, 0.1) is 0 Å². The van der Waals surface area contributed by atoms with Crippen LogP contribution in [0.3, 0.4) is 0 Å². The molecule has 0 atom stereocenters. The third-order valence-corrected chi connectivity index (χ3v) is 5.60. The molecular weight excluding hydrogens is 233 g/mol. The van der Waals surface area contributed by atoms with E-state index in [1.165, 1.54) is 0 Å². The van der Waals surface area contributed by atoms with Crippen LogP contribution in [0.1, 0.15) is 19.8 Å². The molecule has 6 heteroatoms. The van der Waals surface area contributed by atoms with Crippen molar-refractivity contribution in [3.05, 3.63) is 0 Å². The molecule has 1 fully saturated rings. The van der Waals surface area contributed by atoms with Gasteiger partial charge in [0.2, 0.25) is 0 Å². The lowest BCUT2D eigenvalue weighted by atomic mass is 10.2. The maximum Gasteiger partial charge on any atom is 0.452 e. The first-order valence-electron chi connectivity index (χ1n) is 4.32.